The summed E-state index contributed by atoms with van der Waals surface area (Å²) in [7, 11) is 2.55. The molecule has 0 spiro atoms. The van der Waals surface area contributed by atoms with E-state index in [0.717, 1.165) is 21.4 Å². The minimum absolute atomic E-state index is 0.301. The first-order valence-corrected chi connectivity index (χ1v) is 5.34. The lowest BCUT2D eigenvalue weighted by atomic mass is 10.0. The van der Waals surface area contributed by atoms with Gasteiger partial charge < -0.3 is 9.84 Å². The fourth-order valence-corrected chi connectivity index (χ4v) is 2.12. The third kappa shape index (κ3) is 1.44. The van der Waals surface area contributed by atoms with Crippen molar-refractivity contribution in [2.45, 2.75) is 20.8 Å². The van der Waals surface area contributed by atoms with E-state index in [1.54, 1.807) is 7.11 Å². The van der Waals surface area contributed by atoms with Gasteiger partial charge >= 0.3 is 0 Å². The lowest BCUT2D eigenvalue weighted by Crippen LogP contribution is -2.14. The number of methoxy groups -OCH3 is 1. The summed E-state index contributed by atoms with van der Waals surface area (Å²) in [6.45, 7) is 5.99. The van der Waals surface area contributed by atoms with E-state index in [1.807, 2.05) is 13.8 Å². The Morgan fingerprint density at radius 2 is 1.62 bits per heavy atom. The van der Waals surface area contributed by atoms with Gasteiger partial charge in [0.1, 0.15) is 0 Å². The molecule has 0 aromatic heterocycles. The van der Waals surface area contributed by atoms with E-state index < -0.39 is 0 Å². The average molecular weight is 196 g/mol. The maximum absolute atomic E-state index is 9.78. The lowest BCUT2D eigenvalue weighted by Gasteiger charge is -2.15. The Bertz CT molecular complexity index is 316. The molecule has 1 aromatic carbocycles. The second-order valence-electron chi connectivity index (χ2n) is 3.38. The monoisotopic (exact) mass is 196 g/mol. The Kier molecular flexibility index (Phi) is 2.66. The maximum Gasteiger partial charge on any atom is 0.163 e. The van der Waals surface area contributed by atoms with Gasteiger partial charge in [-0.15, -0.1) is 0 Å². The number of phenolic OH excluding ortho intramolecular Hbond substituents is 1. The predicted octanol–water partition coefficient (Wildman–Crippen LogP) is 0.317. The van der Waals surface area contributed by atoms with Gasteiger partial charge in [-0.1, -0.05) is 5.19 Å². The van der Waals surface area contributed by atoms with E-state index in [1.165, 1.54) is 10.8 Å². The molecule has 0 saturated heterocycles. The third-order valence-electron chi connectivity index (χ3n) is 2.80. The van der Waals surface area contributed by atoms with Crippen LogP contribution in [0.4, 0.5) is 0 Å². The van der Waals surface area contributed by atoms with Crippen molar-refractivity contribution in [3.63, 3.8) is 0 Å². The van der Waals surface area contributed by atoms with Gasteiger partial charge in [0.25, 0.3) is 0 Å². The van der Waals surface area contributed by atoms with E-state index in [0.29, 0.717) is 11.5 Å². The summed E-state index contributed by atoms with van der Waals surface area (Å²) >= 11 is 0. The SMILES string of the molecule is COc1c(C)c(C)c([SiH3])c(C)c1O. The predicted molar refractivity (Wildman–Crippen MR) is 58.4 cm³/mol. The molecule has 72 valence electrons. The number of hydrogen-bond acceptors (Lipinski definition) is 2. The van der Waals surface area contributed by atoms with Crippen LogP contribution in [0, 0.1) is 20.8 Å². The summed E-state index contributed by atoms with van der Waals surface area (Å²) in [5.41, 5.74) is 3.26. The first-order valence-electron chi connectivity index (χ1n) is 4.34. The summed E-state index contributed by atoms with van der Waals surface area (Å²) in [5, 5.41) is 11.1. The van der Waals surface area contributed by atoms with Crippen molar-refractivity contribution in [3.05, 3.63) is 16.7 Å². The standard InChI is InChI=1S/C10H16O2Si/c1-5-6(2)10(13)7(3)8(11)9(5)12-4/h11H,1-4,13H3. The molecular weight excluding hydrogens is 180 g/mol. The van der Waals surface area contributed by atoms with Crippen molar-refractivity contribution in [2.75, 3.05) is 7.11 Å². The lowest BCUT2D eigenvalue weighted by molar-refractivity contribution is 0.369. The van der Waals surface area contributed by atoms with Crippen LogP contribution in [0.15, 0.2) is 0 Å². The topological polar surface area (TPSA) is 29.5 Å². The highest BCUT2D eigenvalue weighted by molar-refractivity contribution is 6.34. The van der Waals surface area contributed by atoms with Crippen molar-refractivity contribution < 1.29 is 9.84 Å². The third-order valence-corrected chi connectivity index (χ3v) is 4.30. The molecule has 0 amide bonds. The number of rotatable bonds is 1. The molecular formula is C10H16O2Si. The first-order chi connectivity index (χ1) is 6.00. The highest BCUT2D eigenvalue weighted by Gasteiger charge is 2.13. The molecule has 0 bridgehead atoms. The zero-order valence-electron chi connectivity index (χ0n) is 8.86. The van der Waals surface area contributed by atoms with Gasteiger partial charge in [-0.2, -0.15) is 0 Å². The molecule has 13 heavy (non-hydrogen) atoms. The fraction of sp³-hybridized carbons (Fsp3) is 0.400. The molecule has 1 N–H and O–H groups in total. The minimum atomic E-state index is 0.301. The summed E-state index contributed by atoms with van der Waals surface area (Å²) in [4.78, 5) is 0. The molecule has 0 fully saturated rings. The number of aromatic hydroxyl groups is 1. The van der Waals surface area contributed by atoms with Crippen LogP contribution in [0.2, 0.25) is 0 Å². The van der Waals surface area contributed by atoms with Gasteiger partial charge in [-0.3, -0.25) is 0 Å². The number of phenols is 1. The second kappa shape index (κ2) is 3.42. The Morgan fingerprint density at radius 3 is 2.08 bits per heavy atom. The van der Waals surface area contributed by atoms with Crippen molar-refractivity contribution in [1.82, 2.24) is 0 Å². The van der Waals surface area contributed by atoms with Gasteiger partial charge in [0, 0.05) is 10.2 Å². The maximum atomic E-state index is 9.78. The molecule has 1 aromatic rings. The van der Waals surface area contributed by atoms with Crippen LogP contribution in [0.25, 0.3) is 0 Å². The van der Waals surface area contributed by atoms with Gasteiger partial charge in [0.15, 0.2) is 11.5 Å². The molecule has 0 aliphatic heterocycles. The van der Waals surface area contributed by atoms with E-state index >= 15 is 0 Å². The molecule has 0 heterocycles. The molecule has 0 saturated carbocycles. The number of benzene rings is 1. The molecule has 1 rings (SSSR count). The van der Waals surface area contributed by atoms with Crippen LogP contribution in [0.1, 0.15) is 16.7 Å². The van der Waals surface area contributed by atoms with Gasteiger partial charge in [0.05, 0.1) is 7.11 Å². The number of hydrogen-bond donors (Lipinski definition) is 1. The summed E-state index contributed by atoms with van der Waals surface area (Å²) < 4.78 is 5.16. The van der Waals surface area contributed by atoms with Gasteiger partial charge in [0.2, 0.25) is 0 Å². The van der Waals surface area contributed by atoms with Crippen LogP contribution < -0.4 is 9.92 Å². The average Bonchev–Trinajstić information content (AvgIpc) is 2.13. The Hall–Kier alpha value is -0.963. The van der Waals surface area contributed by atoms with Gasteiger partial charge in [-0.05, 0) is 37.5 Å². The summed E-state index contributed by atoms with van der Waals surface area (Å²) in [6, 6.07) is 0. The molecule has 0 atom stereocenters. The molecule has 0 unspecified atom stereocenters. The van der Waals surface area contributed by atoms with Crippen LogP contribution >= 0.6 is 0 Å². The van der Waals surface area contributed by atoms with E-state index in [4.69, 9.17) is 4.74 Å². The van der Waals surface area contributed by atoms with Crippen LogP contribution in [0.5, 0.6) is 11.5 Å². The fourth-order valence-electron chi connectivity index (χ4n) is 1.51. The Morgan fingerprint density at radius 1 is 1.08 bits per heavy atom. The van der Waals surface area contributed by atoms with Crippen molar-refractivity contribution in [1.29, 1.82) is 0 Å². The molecule has 3 heteroatoms. The largest absolute Gasteiger partial charge is 0.504 e. The van der Waals surface area contributed by atoms with Crippen molar-refractivity contribution in [2.24, 2.45) is 0 Å². The quantitative estimate of drug-likeness (QED) is 0.655. The van der Waals surface area contributed by atoms with E-state index in [2.05, 4.69) is 6.92 Å². The van der Waals surface area contributed by atoms with E-state index in [-0.39, 0.29) is 0 Å². The van der Waals surface area contributed by atoms with Crippen LogP contribution in [0.3, 0.4) is 0 Å². The Labute approximate surface area is 82.0 Å². The van der Waals surface area contributed by atoms with Gasteiger partial charge in [-0.25, -0.2) is 0 Å². The number of ether oxygens (including phenoxy) is 1. The van der Waals surface area contributed by atoms with Crippen molar-refractivity contribution in [3.8, 4) is 11.5 Å². The minimum Gasteiger partial charge on any atom is -0.504 e. The molecule has 0 aliphatic carbocycles. The second-order valence-corrected chi connectivity index (χ2v) is 4.38. The highest BCUT2D eigenvalue weighted by atomic mass is 28.1. The smallest absolute Gasteiger partial charge is 0.163 e. The summed E-state index contributed by atoms with van der Waals surface area (Å²) in [6.07, 6.45) is 0. The van der Waals surface area contributed by atoms with Crippen LogP contribution in [-0.4, -0.2) is 22.5 Å². The molecule has 0 radical (unpaired) electrons. The highest BCUT2D eigenvalue weighted by Crippen LogP contribution is 2.33. The molecule has 0 aliphatic rings. The Balaban J connectivity index is 3.56. The molecule has 2 nitrogen and oxygen atoms in total. The first kappa shape index (κ1) is 10.1. The van der Waals surface area contributed by atoms with Crippen LogP contribution in [-0.2, 0) is 0 Å². The summed E-state index contributed by atoms with van der Waals surface area (Å²) in [5.74, 6) is 0.921. The van der Waals surface area contributed by atoms with E-state index in [9.17, 15) is 5.11 Å². The zero-order valence-corrected chi connectivity index (χ0v) is 10.9. The van der Waals surface area contributed by atoms with Crippen molar-refractivity contribution >= 4 is 15.4 Å². The normalized spacial score (nSPS) is 10.5. The zero-order chi connectivity index (χ0) is 10.2.